The number of hydrogen-bond acceptors (Lipinski definition) is 4. The van der Waals surface area contributed by atoms with E-state index in [2.05, 4.69) is 0 Å². The van der Waals surface area contributed by atoms with Crippen LogP contribution in [0.3, 0.4) is 0 Å². The van der Waals surface area contributed by atoms with Gasteiger partial charge in [0.05, 0.1) is 18.9 Å². The van der Waals surface area contributed by atoms with Gasteiger partial charge < -0.3 is 21.3 Å². The third-order valence-corrected chi connectivity index (χ3v) is 4.62. The van der Waals surface area contributed by atoms with Gasteiger partial charge in [-0.15, -0.1) is 0 Å². The van der Waals surface area contributed by atoms with Gasteiger partial charge in [0.2, 0.25) is 0 Å². The molecule has 5 heteroatoms. The fraction of sp³-hybridized carbons (Fsp3) is 0.143. The van der Waals surface area contributed by atoms with Gasteiger partial charge in [0.1, 0.15) is 0 Å². The highest BCUT2D eigenvalue weighted by atomic mass is 32.9. The van der Waals surface area contributed by atoms with Crippen LogP contribution in [0.2, 0.25) is 0 Å². The van der Waals surface area contributed by atoms with Crippen molar-refractivity contribution in [1.82, 2.24) is 0 Å². The van der Waals surface area contributed by atoms with Crippen molar-refractivity contribution >= 4 is 29.7 Å². The predicted octanol–water partition coefficient (Wildman–Crippen LogP) is 4.19. The topological polar surface area (TPSA) is 18.5 Å². The van der Waals surface area contributed by atoms with Gasteiger partial charge >= 0.3 is 0 Å². The summed E-state index contributed by atoms with van der Waals surface area (Å²) in [7, 11) is 0. The Kier molecular flexibility index (Phi) is 5.61. The van der Waals surface area contributed by atoms with E-state index < -0.39 is 5.69 Å². The monoisotopic (exact) mass is 309 g/mol. The van der Waals surface area contributed by atoms with Gasteiger partial charge in [0, 0.05) is 0 Å². The lowest BCUT2D eigenvalue weighted by Gasteiger charge is -2.28. The van der Waals surface area contributed by atoms with Crippen LogP contribution in [-0.2, 0) is 46.3 Å². The molecule has 0 aliphatic carbocycles. The third kappa shape index (κ3) is 5.47. The van der Waals surface area contributed by atoms with E-state index in [0.29, 0.717) is 13.2 Å². The molecule has 0 atom stereocenters. The van der Waals surface area contributed by atoms with Crippen LogP contribution < -0.4 is 0 Å². The van der Waals surface area contributed by atoms with Crippen molar-refractivity contribution in [3.05, 3.63) is 71.8 Å². The first kappa shape index (κ1) is 14.8. The fourth-order valence-electron chi connectivity index (χ4n) is 1.49. The fourth-order valence-corrected chi connectivity index (χ4v) is 2.81. The van der Waals surface area contributed by atoms with E-state index in [-0.39, 0.29) is 0 Å². The van der Waals surface area contributed by atoms with Gasteiger partial charge in [-0.25, -0.2) is 0 Å². The summed E-state index contributed by atoms with van der Waals surface area (Å²) in [5.74, 6) is 0. The van der Waals surface area contributed by atoms with Crippen molar-refractivity contribution in [2.75, 3.05) is 0 Å². The number of benzene rings is 2. The highest BCUT2D eigenvalue weighted by Gasteiger charge is 2.03. The van der Waals surface area contributed by atoms with Crippen LogP contribution >= 0.6 is 5.69 Å². The number of rotatable bonds is 6. The zero-order valence-electron chi connectivity index (χ0n) is 10.3. The lowest BCUT2D eigenvalue weighted by molar-refractivity contribution is 0.246. The van der Waals surface area contributed by atoms with E-state index in [0.717, 1.165) is 11.1 Å². The molecule has 2 aromatic carbocycles. The Morgan fingerprint density at radius 2 is 1.16 bits per heavy atom. The molecule has 0 fully saturated rings. The molecule has 0 radical (unpaired) electrons. The van der Waals surface area contributed by atoms with Crippen LogP contribution in [0.5, 0.6) is 0 Å². The molecular formula is C14H14O2PS2-. The smallest absolute Gasteiger partial charge is 0.0773 e. The lowest BCUT2D eigenvalue weighted by atomic mass is 10.2. The van der Waals surface area contributed by atoms with Crippen LogP contribution in [-0.4, -0.2) is 0 Å². The molecule has 19 heavy (non-hydrogen) atoms. The summed E-state index contributed by atoms with van der Waals surface area (Å²) in [5, 5.41) is 0. The Morgan fingerprint density at radius 1 is 0.789 bits per heavy atom. The summed E-state index contributed by atoms with van der Waals surface area (Å²) in [6.07, 6.45) is 0. The number of hydrogen-bond donors (Lipinski definition) is 0. The van der Waals surface area contributed by atoms with Gasteiger partial charge in [0.25, 0.3) is 0 Å². The first-order valence-electron chi connectivity index (χ1n) is 5.84. The van der Waals surface area contributed by atoms with Gasteiger partial charge in [-0.05, 0) is 11.1 Å². The first-order valence-corrected chi connectivity index (χ1v) is 9.49. The van der Waals surface area contributed by atoms with Gasteiger partial charge in [-0.2, -0.15) is 0 Å². The van der Waals surface area contributed by atoms with E-state index >= 15 is 0 Å². The quantitative estimate of drug-likeness (QED) is 0.588. The summed E-state index contributed by atoms with van der Waals surface area (Å²) >= 11 is 10.4. The molecule has 2 aromatic rings. The minimum Gasteiger partial charge on any atom is -0.691 e. The van der Waals surface area contributed by atoms with E-state index in [9.17, 15) is 0 Å². The van der Waals surface area contributed by atoms with Gasteiger partial charge in [-0.1, -0.05) is 72.5 Å². The van der Waals surface area contributed by atoms with Crippen LogP contribution in [0.1, 0.15) is 11.1 Å². The van der Waals surface area contributed by atoms with Crippen molar-refractivity contribution in [1.29, 1.82) is 0 Å². The van der Waals surface area contributed by atoms with Gasteiger partial charge in [0.15, 0.2) is 0 Å². The minimum atomic E-state index is -2.61. The Balaban J connectivity index is 1.84. The van der Waals surface area contributed by atoms with Crippen LogP contribution in [0, 0.1) is 0 Å². The summed E-state index contributed by atoms with van der Waals surface area (Å²) in [5.41, 5.74) is -0.514. The Bertz CT molecular complexity index is 498. The summed E-state index contributed by atoms with van der Waals surface area (Å²) in [6, 6.07) is 19.6. The van der Waals surface area contributed by atoms with E-state index in [1.165, 1.54) is 0 Å². The average molecular weight is 309 g/mol. The molecular weight excluding hydrogens is 295 g/mol. The van der Waals surface area contributed by atoms with Crippen LogP contribution in [0.25, 0.3) is 0 Å². The summed E-state index contributed by atoms with van der Waals surface area (Å²) < 4.78 is 11.1. The zero-order chi connectivity index (χ0) is 13.6. The normalized spacial score (nSPS) is 11.4. The molecule has 2 nitrogen and oxygen atoms in total. The molecule has 0 aliphatic heterocycles. The SMILES string of the molecule is S=P([S-])(OCc1ccccc1)OCc1ccccc1. The van der Waals surface area contributed by atoms with Crippen molar-refractivity contribution < 1.29 is 9.05 Å². The van der Waals surface area contributed by atoms with E-state index in [4.69, 9.17) is 33.1 Å². The first-order chi connectivity index (χ1) is 9.16. The average Bonchev–Trinajstić information content (AvgIpc) is 2.46. The highest BCUT2D eigenvalue weighted by molar-refractivity contribution is 8.51. The largest absolute Gasteiger partial charge is 0.691 e. The van der Waals surface area contributed by atoms with Crippen molar-refractivity contribution in [3.8, 4) is 0 Å². The molecule has 0 spiro atoms. The molecule has 0 unspecified atom stereocenters. The Morgan fingerprint density at radius 3 is 1.53 bits per heavy atom. The second kappa shape index (κ2) is 7.22. The molecule has 0 aliphatic rings. The molecule has 0 heterocycles. The highest BCUT2D eigenvalue weighted by Crippen LogP contribution is 2.47. The lowest BCUT2D eigenvalue weighted by Crippen LogP contribution is -1.95. The molecule has 0 aromatic heterocycles. The van der Waals surface area contributed by atoms with Crippen LogP contribution in [0.15, 0.2) is 60.7 Å². The van der Waals surface area contributed by atoms with Crippen molar-refractivity contribution in [2.24, 2.45) is 0 Å². The van der Waals surface area contributed by atoms with Gasteiger partial charge in [-0.3, -0.25) is 0 Å². The van der Waals surface area contributed by atoms with Crippen molar-refractivity contribution in [2.45, 2.75) is 13.2 Å². The second-order valence-electron chi connectivity index (χ2n) is 3.97. The summed E-state index contributed by atoms with van der Waals surface area (Å²) in [4.78, 5) is 0. The second-order valence-corrected chi connectivity index (χ2v) is 8.95. The predicted molar refractivity (Wildman–Crippen MR) is 84.1 cm³/mol. The molecule has 0 bridgehead atoms. The zero-order valence-corrected chi connectivity index (χ0v) is 12.8. The third-order valence-electron chi connectivity index (χ3n) is 2.46. The standard InChI is InChI=1S/C14H15O2PS2/c18-17(19,15-11-13-7-3-1-4-8-13)16-12-14-9-5-2-6-10-14/h1-10H,11-12H2,(H,18,19)/p-1. The molecule has 0 N–H and O–H groups in total. The maximum atomic E-state index is 5.56. The Hall–Kier alpha value is -0.640. The maximum Gasteiger partial charge on any atom is 0.0773 e. The Labute approximate surface area is 124 Å². The minimum absolute atomic E-state index is 0.399. The van der Waals surface area contributed by atoms with Crippen molar-refractivity contribution in [3.63, 3.8) is 0 Å². The van der Waals surface area contributed by atoms with E-state index in [1.54, 1.807) is 0 Å². The van der Waals surface area contributed by atoms with Crippen LogP contribution in [0.4, 0.5) is 0 Å². The molecule has 0 saturated heterocycles. The molecule has 100 valence electrons. The van der Waals surface area contributed by atoms with E-state index in [1.807, 2.05) is 60.7 Å². The molecule has 0 saturated carbocycles. The molecule has 2 rings (SSSR count). The molecule has 0 amide bonds. The maximum absolute atomic E-state index is 5.56. The summed E-state index contributed by atoms with van der Waals surface area (Å²) in [6.45, 7) is 0.798.